The molecule has 4 nitrogen and oxygen atoms in total. The summed E-state index contributed by atoms with van der Waals surface area (Å²) in [7, 11) is -0.598. The number of hydrogen-bond donors (Lipinski definition) is 0. The fourth-order valence-corrected chi connectivity index (χ4v) is 4.26. The van der Waals surface area contributed by atoms with E-state index in [0.717, 1.165) is 0 Å². The lowest BCUT2D eigenvalue weighted by molar-refractivity contribution is -0.153. The van der Waals surface area contributed by atoms with Gasteiger partial charge in [0.25, 0.3) is 0 Å². The molecule has 80 valence electrons. The lowest BCUT2D eigenvalue weighted by Crippen LogP contribution is -2.47. The summed E-state index contributed by atoms with van der Waals surface area (Å²) in [6.07, 6.45) is 0.778. The van der Waals surface area contributed by atoms with Crippen LogP contribution >= 0.6 is 0 Å². The molecule has 0 amide bonds. The standard InChI is InChI=1S/C9H16O4Si/c1-5-9(14(3,4)12-2)6-7(10)13-8(9)11/h5-6H2,1-4H3. The molecule has 0 aliphatic carbocycles. The van der Waals surface area contributed by atoms with Crippen molar-refractivity contribution in [3.63, 3.8) is 0 Å². The lowest BCUT2D eigenvalue weighted by atomic mass is 10.0. The van der Waals surface area contributed by atoms with Crippen LogP contribution in [0.2, 0.25) is 18.1 Å². The topological polar surface area (TPSA) is 52.6 Å². The molecule has 1 aliphatic rings. The van der Waals surface area contributed by atoms with Gasteiger partial charge in [0.15, 0.2) is 0 Å². The summed E-state index contributed by atoms with van der Waals surface area (Å²) in [5.74, 6) is -0.821. The van der Waals surface area contributed by atoms with Crippen molar-refractivity contribution in [2.45, 2.75) is 37.9 Å². The van der Waals surface area contributed by atoms with Gasteiger partial charge in [-0.3, -0.25) is 9.59 Å². The molecule has 0 aromatic heterocycles. The molecule has 0 aromatic carbocycles. The second-order valence-corrected chi connectivity index (χ2v) is 8.47. The molecule has 5 heteroatoms. The van der Waals surface area contributed by atoms with Crippen LogP contribution in [0.3, 0.4) is 0 Å². The maximum Gasteiger partial charge on any atom is 0.319 e. The number of esters is 2. The summed E-state index contributed by atoms with van der Waals surface area (Å²) in [6, 6.07) is 0. The fraction of sp³-hybridized carbons (Fsp3) is 0.778. The highest BCUT2D eigenvalue weighted by Gasteiger charge is 2.59. The van der Waals surface area contributed by atoms with E-state index in [1.807, 2.05) is 20.0 Å². The summed E-state index contributed by atoms with van der Waals surface area (Å²) in [4.78, 5) is 22.8. The van der Waals surface area contributed by atoms with E-state index in [0.29, 0.717) is 6.42 Å². The molecule has 0 spiro atoms. The Kier molecular flexibility index (Phi) is 2.82. The first kappa shape index (κ1) is 11.4. The first-order chi connectivity index (χ1) is 6.39. The largest absolute Gasteiger partial charge is 0.419 e. The minimum absolute atomic E-state index is 0.176. The Labute approximate surface area is 84.7 Å². The predicted octanol–water partition coefficient (Wildman–Crippen LogP) is 1.46. The second kappa shape index (κ2) is 3.47. The molecule has 1 saturated heterocycles. The molecule has 1 rings (SSSR count). The molecule has 1 fully saturated rings. The zero-order valence-corrected chi connectivity index (χ0v) is 10.0. The molecule has 14 heavy (non-hydrogen) atoms. The van der Waals surface area contributed by atoms with Crippen molar-refractivity contribution in [1.29, 1.82) is 0 Å². The Morgan fingerprint density at radius 2 is 2.07 bits per heavy atom. The minimum atomic E-state index is -2.19. The van der Waals surface area contributed by atoms with E-state index < -0.39 is 25.3 Å². The van der Waals surface area contributed by atoms with Gasteiger partial charge in [0.2, 0.25) is 8.32 Å². The zero-order valence-electron chi connectivity index (χ0n) is 9.05. The predicted molar refractivity (Wildman–Crippen MR) is 53.2 cm³/mol. The molecule has 0 bridgehead atoms. The Balaban J connectivity index is 3.10. The SMILES string of the molecule is CCC1([Si](C)(C)OC)CC(=O)OC1=O. The van der Waals surface area contributed by atoms with E-state index >= 15 is 0 Å². The van der Waals surface area contributed by atoms with Crippen molar-refractivity contribution >= 4 is 20.3 Å². The number of carbonyl (C=O) groups is 2. The van der Waals surface area contributed by atoms with Crippen molar-refractivity contribution in [2.24, 2.45) is 0 Å². The summed E-state index contributed by atoms with van der Waals surface area (Å²) in [6.45, 7) is 5.78. The summed E-state index contributed by atoms with van der Waals surface area (Å²) < 4.78 is 10.1. The van der Waals surface area contributed by atoms with Gasteiger partial charge >= 0.3 is 11.9 Å². The quantitative estimate of drug-likeness (QED) is 0.407. The maximum atomic E-state index is 11.7. The zero-order chi connectivity index (χ0) is 11.0. The van der Waals surface area contributed by atoms with Crippen molar-refractivity contribution < 1.29 is 18.8 Å². The lowest BCUT2D eigenvalue weighted by Gasteiger charge is -2.35. The third kappa shape index (κ3) is 1.40. The van der Waals surface area contributed by atoms with Gasteiger partial charge in [0.1, 0.15) is 0 Å². The van der Waals surface area contributed by atoms with Gasteiger partial charge in [-0.2, -0.15) is 0 Å². The number of cyclic esters (lactones) is 2. The average Bonchev–Trinajstić information content (AvgIpc) is 2.42. The van der Waals surface area contributed by atoms with Crippen LogP contribution in [-0.4, -0.2) is 27.4 Å². The van der Waals surface area contributed by atoms with E-state index in [1.165, 1.54) is 0 Å². The van der Waals surface area contributed by atoms with Gasteiger partial charge in [0, 0.05) is 7.11 Å². The third-order valence-electron chi connectivity index (χ3n) is 3.31. The second-order valence-electron chi connectivity index (χ2n) is 4.09. The summed E-state index contributed by atoms with van der Waals surface area (Å²) in [5, 5.41) is -0.682. The number of carbonyl (C=O) groups excluding carboxylic acids is 2. The normalized spacial score (nSPS) is 28.0. The van der Waals surface area contributed by atoms with E-state index in [-0.39, 0.29) is 6.42 Å². The Hall–Kier alpha value is -0.683. The van der Waals surface area contributed by atoms with Crippen LogP contribution in [0.5, 0.6) is 0 Å². The van der Waals surface area contributed by atoms with E-state index in [2.05, 4.69) is 4.74 Å². The molecule has 1 aliphatic heterocycles. The minimum Gasteiger partial charge on any atom is -0.419 e. The van der Waals surface area contributed by atoms with Gasteiger partial charge < -0.3 is 9.16 Å². The number of rotatable bonds is 3. The van der Waals surface area contributed by atoms with Gasteiger partial charge in [-0.05, 0) is 19.5 Å². The highest BCUT2D eigenvalue weighted by molar-refractivity contribution is 6.78. The van der Waals surface area contributed by atoms with Crippen LogP contribution in [0.4, 0.5) is 0 Å². The van der Waals surface area contributed by atoms with Crippen molar-refractivity contribution in [1.82, 2.24) is 0 Å². The van der Waals surface area contributed by atoms with Crippen LogP contribution in [-0.2, 0) is 18.8 Å². The highest BCUT2D eigenvalue weighted by Crippen LogP contribution is 2.50. The summed E-state index contributed by atoms with van der Waals surface area (Å²) >= 11 is 0. The Morgan fingerprint density at radius 3 is 2.36 bits per heavy atom. The molecule has 0 saturated carbocycles. The highest BCUT2D eigenvalue weighted by atomic mass is 28.4. The first-order valence-electron chi connectivity index (χ1n) is 4.70. The van der Waals surface area contributed by atoms with Gasteiger partial charge in [-0.1, -0.05) is 6.92 Å². The maximum absolute atomic E-state index is 11.7. The molecule has 0 aromatic rings. The van der Waals surface area contributed by atoms with Crippen molar-refractivity contribution in [3.05, 3.63) is 0 Å². The van der Waals surface area contributed by atoms with Crippen LogP contribution in [0, 0.1) is 0 Å². The number of ether oxygens (including phenoxy) is 1. The summed E-state index contributed by atoms with van der Waals surface area (Å²) in [5.41, 5.74) is 0. The van der Waals surface area contributed by atoms with E-state index in [4.69, 9.17) is 4.43 Å². The van der Waals surface area contributed by atoms with Gasteiger partial charge in [0.05, 0.1) is 11.5 Å². The third-order valence-corrected chi connectivity index (χ3v) is 7.37. The molecular formula is C9H16O4Si. The van der Waals surface area contributed by atoms with Crippen LogP contribution in [0.25, 0.3) is 0 Å². The van der Waals surface area contributed by atoms with Crippen LogP contribution < -0.4 is 0 Å². The molecular weight excluding hydrogens is 200 g/mol. The first-order valence-corrected chi connectivity index (χ1v) is 7.60. The van der Waals surface area contributed by atoms with Crippen molar-refractivity contribution in [3.8, 4) is 0 Å². The van der Waals surface area contributed by atoms with Gasteiger partial charge in [-0.15, -0.1) is 0 Å². The van der Waals surface area contributed by atoms with E-state index in [1.54, 1.807) is 7.11 Å². The van der Waals surface area contributed by atoms with Crippen LogP contribution in [0.1, 0.15) is 19.8 Å². The smallest absolute Gasteiger partial charge is 0.319 e. The molecule has 1 heterocycles. The fourth-order valence-electron chi connectivity index (χ4n) is 1.90. The molecule has 1 unspecified atom stereocenters. The van der Waals surface area contributed by atoms with Crippen molar-refractivity contribution in [2.75, 3.05) is 7.11 Å². The monoisotopic (exact) mass is 216 g/mol. The Bertz CT molecular complexity index is 274. The molecule has 1 atom stereocenters. The molecule has 0 N–H and O–H groups in total. The van der Waals surface area contributed by atoms with E-state index in [9.17, 15) is 9.59 Å². The molecule has 0 radical (unpaired) electrons. The Morgan fingerprint density at radius 1 is 1.50 bits per heavy atom. The number of hydrogen-bond acceptors (Lipinski definition) is 4. The average molecular weight is 216 g/mol. The van der Waals surface area contributed by atoms with Crippen LogP contribution in [0.15, 0.2) is 0 Å². The van der Waals surface area contributed by atoms with Gasteiger partial charge in [-0.25, -0.2) is 0 Å².